The van der Waals surface area contributed by atoms with Crippen LogP contribution in [0.4, 0.5) is 5.69 Å². The highest BCUT2D eigenvalue weighted by atomic mass is 35.5. The van der Waals surface area contributed by atoms with Gasteiger partial charge < -0.3 is 20.1 Å². The van der Waals surface area contributed by atoms with Crippen molar-refractivity contribution in [2.24, 2.45) is 11.8 Å². The second kappa shape index (κ2) is 11.4. The summed E-state index contributed by atoms with van der Waals surface area (Å²) in [5, 5.41) is 7.46. The highest BCUT2D eigenvalue weighted by Crippen LogP contribution is 2.25. The van der Waals surface area contributed by atoms with Gasteiger partial charge in [0.15, 0.2) is 0 Å². The van der Waals surface area contributed by atoms with Crippen molar-refractivity contribution in [2.75, 3.05) is 31.5 Å². The highest BCUT2D eigenvalue weighted by molar-refractivity contribution is 5.94. The van der Waals surface area contributed by atoms with Gasteiger partial charge in [-0.05, 0) is 75.9 Å². The van der Waals surface area contributed by atoms with Gasteiger partial charge in [-0.1, -0.05) is 6.92 Å². The Kier molecular flexibility index (Phi) is 9.18. The van der Waals surface area contributed by atoms with Crippen molar-refractivity contribution in [3.63, 3.8) is 0 Å². The number of carbonyl (C=O) groups is 2. The summed E-state index contributed by atoms with van der Waals surface area (Å²) < 4.78 is 1.97. The van der Waals surface area contributed by atoms with Crippen LogP contribution in [0.25, 0.3) is 10.9 Å². The predicted octanol–water partition coefficient (Wildman–Crippen LogP) is 3.90. The molecule has 1 aromatic heterocycles. The number of aromatic nitrogens is 1. The summed E-state index contributed by atoms with van der Waals surface area (Å²) in [7, 11) is 0. The fourth-order valence-electron chi connectivity index (χ4n) is 4.32. The van der Waals surface area contributed by atoms with Crippen LogP contribution in [-0.4, -0.2) is 47.5 Å². The van der Waals surface area contributed by atoms with Crippen molar-refractivity contribution in [1.29, 1.82) is 0 Å². The quantitative estimate of drug-likeness (QED) is 0.662. The molecule has 166 valence electrons. The normalized spacial score (nSPS) is 15.4. The molecule has 2 aromatic rings. The van der Waals surface area contributed by atoms with Gasteiger partial charge in [0.25, 0.3) is 0 Å². The number of halogens is 1. The Morgan fingerprint density at radius 1 is 1.20 bits per heavy atom. The molecule has 6 nitrogen and oxygen atoms in total. The Labute approximate surface area is 185 Å². The Bertz CT molecular complexity index is 841. The fraction of sp³-hybridized carbons (Fsp3) is 0.565. The van der Waals surface area contributed by atoms with E-state index in [1.54, 1.807) is 0 Å². The lowest BCUT2D eigenvalue weighted by molar-refractivity contribution is -0.131. The number of hydrogen-bond acceptors (Lipinski definition) is 3. The van der Waals surface area contributed by atoms with Crippen LogP contribution in [0.1, 0.15) is 40.0 Å². The van der Waals surface area contributed by atoms with Gasteiger partial charge in [0.05, 0.1) is 0 Å². The SMILES string of the molecule is CCN(CC)C(=O)Cn1ccc2cc(NC(=O)CC(C)C3CCNCC3)ccc21.Cl. The minimum absolute atomic E-state index is 0. The molecule has 7 heteroatoms. The maximum atomic E-state index is 12.5. The first kappa shape index (κ1) is 24.2. The number of hydrogen-bond donors (Lipinski definition) is 2. The van der Waals surface area contributed by atoms with E-state index in [1.807, 2.05) is 53.8 Å². The zero-order valence-electron chi connectivity index (χ0n) is 18.3. The summed E-state index contributed by atoms with van der Waals surface area (Å²) in [5.74, 6) is 1.22. The number of likely N-dealkylation sites (N-methyl/N-ethyl adjacent to an activating group) is 1. The Morgan fingerprint density at radius 3 is 2.57 bits per heavy atom. The van der Waals surface area contributed by atoms with E-state index in [0.717, 1.165) is 55.6 Å². The number of anilines is 1. The number of nitrogens with one attached hydrogen (secondary N) is 2. The molecule has 30 heavy (non-hydrogen) atoms. The van der Waals surface area contributed by atoms with Crippen molar-refractivity contribution in [1.82, 2.24) is 14.8 Å². The molecule has 1 fully saturated rings. The van der Waals surface area contributed by atoms with E-state index in [2.05, 4.69) is 17.6 Å². The van der Waals surface area contributed by atoms with E-state index >= 15 is 0 Å². The first-order valence-electron chi connectivity index (χ1n) is 10.9. The fourth-order valence-corrected chi connectivity index (χ4v) is 4.32. The smallest absolute Gasteiger partial charge is 0.242 e. The lowest BCUT2D eigenvalue weighted by atomic mass is 9.84. The molecule has 0 saturated carbocycles. The van der Waals surface area contributed by atoms with Crippen molar-refractivity contribution in [3.8, 4) is 0 Å². The molecule has 1 aliphatic rings. The van der Waals surface area contributed by atoms with E-state index in [9.17, 15) is 9.59 Å². The van der Waals surface area contributed by atoms with Gasteiger partial charge in [-0.2, -0.15) is 0 Å². The van der Waals surface area contributed by atoms with Gasteiger partial charge in [-0.25, -0.2) is 0 Å². The van der Waals surface area contributed by atoms with Crippen LogP contribution >= 0.6 is 12.4 Å². The minimum atomic E-state index is 0. The second-order valence-electron chi connectivity index (χ2n) is 8.10. The Balaban J connectivity index is 0.00000320. The number of fused-ring (bicyclic) bond motifs is 1. The van der Waals surface area contributed by atoms with Gasteiger partial charge in [0.1, 0.15) is 6.54 Å². The average Bonchev–Trinajstić information content (AvgIpc) is 3.11. The first-order valence-corrected chi connectivity index (χ1v) is 10.9. The molecule has 1 aromatic carbocycles. The van der Waals surface area contributed by atoms with E-state index in [0.29, 0.717) is 24.8 Å². The molecule has 2 N–H and O–H groups in total. The third-order valence-corrected chi connectivity index (χ3v) is 6.17. The number of rotatable bonds is 8. The molecule has 0 spiro atoms. The van der Waals surface area contributed by atoms with Crippen molar-refractivity contribution < 1.29 is 9.59 Å². The van der Waals surface area contributed by atoms with E-state index in [4.69, 9.17) is 0 Å². The van der Waals surface area contributed by atoms with E-state index in [-0.39, 0.29) is 24.2 Å². The van der Waals surface area contributed by atoms with Crippen LogP contribution in [0.5, 0.6) is 0 Å². The predicted molar refractivity (Wildman–Crippen MR) is 125 cm³/mol. The molecule has 2 amide bonds. The third-order valence-electron chi connectivity index (χ3n) is 6.17. The van der Waals surface area contributed by atoms with E-state index in [1.165, 1.54) is 0 Å². The molecule has 1 atom stereocenters. The minimum Gasteiger partial charge on any atom is -0.342 e. The summed E-state index contributed by atoms with van der Waals surface area (Å²) in [5.41, 5.74) is 1.82. The second-order valence-corrected chi connectivity index (χ2v) is 8.10. The lowest BCUT2D eigenvalue weighted by Gasteiger charge is -2.27. The molecular formula is C23H35ClN4O2. The van der Waals surface area contributed by atoms with Crippen LogP contribution in [0, 0.1) is 11.8 Å². The van der Waals surface area contributed by atoms with Crippen molar-refractivity contribution in [3.05, 3.63) is 30.5 Å². The monoisotopic (exact) mass is 434 g/mol. The molecular weight excluding hydrogens is 400 g/mol. The van der Waals surface area contributed by atoms with Gasteiger partial charge >= 0.3 is 0 Å². The molecule has 3 rings (SSSR count). The van der Waals surface area contributed by atoms with Gasteiger partial charge in [0, 0.05) is 42.3 Å². The molecule has 0 aliphatic carbocycles. The first-order chi connectivity index (χ1) is 14.0. The average molecular weight is 435 g/mol. The van der Waals surface area contributed by atoms with Gasteiger partial charge in [-0.15, -0.1) is 12.4 Å². The standard InChI is InChI=1S/C23H34N4O2.ClH/c1-4-26(5-2)23(29)16-27-13-10-19-15-20(6-7-21(19)27)25-22(28)14-17(3)18-8-11-24-12-9-18;/h6-7,10,13,15,17-18,24H,4-5,8-9,11-12,14,16H2,1-3H3,(H,25,28);1H. The summed E-state index contributed by atoms with van der Waals surface area (Å²) >= 11 is 0. The largest absolute Gasteiger partial charge is 0.342 e. The van der Waals surface area contributed by atoms with Gasteiger partial charge in [0.2, 0.25) is 11.8 Å². The van der Waals surface area contributed by atoms with E-state index < -0.39 is 0 Å². The summed E-state index contributed by atoms with van der Waals surface area (Å²) in [4.78, 5) is 26.8. The summed E-state index contributed by atoms with van der Waals surface area (Å²) in [6.07, 6.45) is 4.80. The topological polar surface area (TPSA) is 66.4 Å². The lowest BCUT2D eigenvalue weighted by Crippen LogP contribution is -2.33. The zero-order chi connectivity index (χ0) is 20.8. The maximum Gasteiger partial charge on any atom is 0.242 e. The molecule has 2 heterocycles. The van der Waals surface area contributed by atoms with Crippen molar-refractivity contribution in [2.45, 2.75) is 46.6 Å². The molecule has 1 unspecified atom stereocenters. The number of benzene rings is 1. The summed E-state index contributed by atoms with van der Waals surface area (Å²) in [6.45, 7) is 10.1. The molecule has 0 bridgehead atoms. The summed E-state index contributed by atoms with van der Waals surface area (Å²) in [6, 6.07) is 7.89. The highest BCUT2D eigenvalue weighted by Gasteiger charge is 2.22. The van der Waals surface area contributed by atoms with Crippen LogP contribution in [0.2, 0.25) is 0 Å². The third kappa shape index (κ3) is 5.99. The Hall–Kier alpha value is -2.05. The maximum absolute atomic E-state index is 12.5. The molecule has 0 radical (unpaired) electrons. The van der Waals surface area contributed by atoms with Crippen molar-refractivity contribution >= 4 is 40.8 Å². The van der Waals surface area contributed by atoms with Crippen LogP contribution < -0.4 is 10.6 Å². The van der Waals surface area contributed by atoms with Crippen LogP contribution in [0.15, 0.2) is 30.5 Å². The van der Waals surface area contributed by atoms with Crippen LogP contribution in [-0.2, 0) is 16.1 Å². The molecule has 1 saturated heterocycles. The number of piperidine rings is 1. The molecule has 1 aliphatic heterocycles. The number of amides is 2. The van der Waals surface area contributed by atoms with Crippen LogP contribution in [0.3, 0.4) is 0 Å². The van der Waals surface area contributed by atoms with Gasteiger partial charge in [-0.3, -0.25) is 9.59 Å². The zero-order valence-corrected chi connectivity index (χ0v) is 19.1. The number of carbonyl (C=O) groups excluding carboxylic acids is 2. The number of nitrogens with zero attached hydrogens (tertiary/aromatic N) is 2. The Morgan fingerprint density at radius 2 is 1.90 bits per heavy atom.